The van der Waals surface area contributed by atoms with Gasteiger partial charge in [-0.1, -0.05) is 12.1 Å². The Morgan fingerprint density at radius 3 is 2.76 bits per heavy atom. The SMILES string of the molecule is O=c1[nH]c2ccc(-n3ccc(=O)c4ccccc43)cc2o1. The predicted octanol–water partition coefficient (Wildman–Crippen LogP) is 2.43. The molecular weight excluding hydrogens is 268 g/mol. The van der Waals surface area contributed by atoms with Crippen molar-refractivity contribution in [3.8, 4) is 5.69 Å². The summed E-state index contributed by atoms with van der Waals surface area (Å²) in [7, 11) is 0. The first-order chi connectivity index (χ1) is 10.2. The van der Waals surface area contributed by atoms with Crippen LogP contribution in [0.25, 0.3) is 27.7 Å². The zero-order chi connectivity index (χ0) is 14.4. The molecule has 0 saturated heterocycles. The first kappa shape index (κ1) is 11.7. The van der Waals surface area contributed by atoms with E-state index in [-0.39, 0.29) is 5.43 Å². The van der Waals surface area contributed by atoms with Crippen molar-refractivity contribution < 1.29 is 4.42 Å². The molecular formula is C16H10N2O3. The number of hydrogen-bond donors (Lipinski definition) is 1. The number of hydrogen-bond acceptors (Lipinski definition) is 3. The molecule has 21 heavy (non-hydrogen) atoms. The summed E-state index contributed by atoms with van der Waals surface area (Å²) in [5.41, 5.74) is 2.74. The number of pyridine rings is 1. The molecule has 0 unspecified atom stereocenters. The van der Waals surface area contributed by atoms with Gasteiger partial charge in [0.15, 0.2) is 11.0 Å². The van der Waals surface area contributed by atoms with Gasteiger partial charge in [0, 0.05) is 29.4 Å². The number of aromatic amines is 1. The normalized spacial score (nSPS) is 11.2. The Morgan fingerprint density at radius 2 is 1.86 bits per heavy atom. The van der Waals surface area contributed by atoms with E-state index in [2.05, 4.69) is 4.98 Å². The van der Waals surface area contributed by atoms with Gasteiger partial charge in [-0.15, -0.1) is 0 Å². The van der Waals surface area contributed by atoms with Crippen molar-refractivity contribution in [3.63, 3.8) is 0 Å². The lowest BCUT2D eigenvalue weighted by atomic mass is 10.2. The van der Waals surface area contributed by atoms with Crippen molar-refractivity contribution in [1.29, 1.82) is 0 Å². The Balaban J connectivity index is 2.06. The number of nitrogens with one attached hydrogen (secondary N) is 1. The van der Waals surface area contributed by atoms with Gasteiger partial charge in [0.2, 0.25) is 0 Å². The van der Waals surface area contributed by atoms with E-state index in [4.69, 9.17) is 4.42 Å². The van der Waals surface area contributed by atoms with Crippen LogP contribution in [-0.2, 0) is 0 Å². The van der Waals surface area contributed by atoms with E-state index in [1.807, 2.05) is 28.8 Å². The third kappa shape index (κ3) is 1.79. The van der Waals surface area contributed by atoms with Crippen molar-refractivity contribution in [2.24, 2.45) is 0 Å². The van der Waals surface area contributed by atoms with Crippen LogP contribution in [0.4, 0.5) is 0 Å². The fourth-order valence-electron chi connectivity index (χ4n) is 2.51. The molecule has 0 aliphatic heterocycles. The van der Waals surface area contributed by atoms with Gasteiger partial charge in [0.25, 0.3) is 0 Å². The molecule has 0 saturated carbocycles. The van der Waals surface area contributed by atoms with Crippen LogP contribution in [0.3, 0.4) is 0 Å². The molecule has 4 rings (SSSR count). The first-order valence-corrected chi connectivity index (χ1v) is 6.46. The number of aromatic nitrogens is 2. The zero-order valence-electron chi connectivity index (χ0n) is 10.9. The number of para-hydroxylation sites is 1. The second-order valence-electron chi connectivity index (χ2n) is 4.76. The average Bonchev–Trinajstić information content (AvgIpc) is 2.87. The Labute approximate surface area is 118 Å². The summed E-state index contributed by atoms with van der Waals surface area (Å²) in [6, 6.07) is 14.3. The third-order valence-electron chi connectivity index (χ3n) is 3.49. The van der Waals surface area contributed by atoms with Crippen LogP contribution in [0, 0.1) is 0 Å². The van der Waals surface area contributed by atoms with Gasteiger partial charge in [-0.25, -0.2) is 4.79 Å². The van der Waals surface area contributed by atoms with Gasteiger partial charge in [0.05, 0.1) is 11.0 Å². The molecule has 0 aliphatic carbocycles. The second-order valence-corrected chi connectivity index (χ2v) is 4.76. The first-order valence-electron chi connectivity index (χ1n) is 6.46. The molecule has 1 N–H and O–H groups in total. The van der Waals surface area contributed by atoms with Gasteiger partial charge in [-0.05, 0) is 24.3 Å². The smallest absolute Gasteiger partial charge is 0.408 e. The number of H-pyrrole nitrogens is 1. The Morgan fingerprint density at radius 1 is 1.00 bits per heavy atom. The molecule has 0 amide bonds. The number of benzene rings is 2. The fourth-order valence-corrected chi connectivity index (χ4v) is 2.51. The summed E-state index contributed by atoms with van der Waals surface area (Å²) in [5, 5.41) is 0.649. The van der Waals surface area contributed by atoms with Gasteiger partial charge in [0.1, 0.15) is 0 Å². The maximum atomic E-state index is 11.9. The Hall–Kier alpha value is -3.08. The molecule has 5 nitrogen and oxygen atoms in total. The molecule has 4 aromatic rings. The summed E-state index contributed by atoms with van der Waals surface area (Å²) in [6.07, 6.45) is 1.72. The van der Waals surface area contributed by atoms with Crippen LogP contribution in [0.15, 0.2) is 68.7 Å². The lowest BCUT2D eigenvalue weighted by Gasteiger charge is -2.10. The molecule has 0 aliphatic rings. The van der Waals surface area contributed by atoms with Crippen LogP contribution in [0.1, 0.15) is 0 Å². The molecule has 0 radical (unpaired) electrons. The minimum Gasteiger partial charge on any atom is -0.408 e. The molecule has 2 aromatic carbocycles. The Kier molecular flexibility index (Phi) is 2.35. The van der Waals surface area contributed by atoms with Gasteiger partial charge in [-0.2, -0.15) is 0 Å². The number of rotatable bonds is 1. The third-order valence-corrected chi connectivity index (χ3v) is 3.49. The molecule has 0 spiro atoms. The molecule has 5 heteroatoms. The van der Waals surface area contributed by atoms with E-state index < -0.39 is 5.76 Å². The number of nitrogens with zero attached hydrogens (tertiary/aromatic N) is 1. The van der Waals surface area contributed by atoms with Crippen molar-refractivity contribution in [2.75, 3.05) is 0 Å². The van der Waals surface area contributed by atoms with E-state index in [1.165, 1.54) is 6.07 Å². The maximum Gasteiger partial charge on any atom is 0.417 e. The summed E-state index contributed by atoms with van der Waals surface area (Å²) in [6.45, 7) is 0. The summed E-state index contributed by atoms with van der Waals surface area (Å²) in [5.74, 6) is -0.480. The summed E-state index contributed by atoms with van der Waals surface area (Å²) < 4.78 is 6.97. The topological polar surface area (TPSA) is 68.0 Å². The zero-order valence-corrected chi connectivity index (χ0v) is 10.9. The lowest BCUT2D eigenvalue weighted by molar-refractivity contribution is 0.555. The van der Waals surface area contributed by atoms with Crippen LogP contribution in [0.2, 0.25) is 0 Å². The minimum atomic E-state index is -0.480. The van der Waals surface area contributed by atoms with Crippen LogP contribution in [0.5, 0.6) is 0 Å². The number of fused-ring (bicyclic) bond motifs is 2. The highest BCUT2D eigenvalue weighted by molar-refractivity contribution is 5.82. The quantitative estimate of drug-likeness (QED) is 0.581. The van der Waals surface area contributed by atoms with E-state index in [1.54, 1.807) is 24.4 Å². The standard InChI is InChI=1S/C16H10N2O3/c19-14-7-8-18(13-4-2-1-3-11(13)14)10-5-6-12-15(9-10)21-16(20)17-12/h1-9H,(H,17,20). The summed E-state index contributed by atoms with van der Waals surface area (Å²) >= 11 is 0. The maximum absolute atomic E-state index is 11.9. The van der Waals surface area contributed by atoms with Crippen molar-refractivity contribution in [3.05, 3.63) is 75.5 Å². The van der Waals surface area contributed by atoms with Gasteiger partial charge in [-0.3, -0.25) is 9.78 Å². The van der Waals surface area contributed by atoms with Crippen LogP contribution in [-0.4, -0.2) is 9.55 Å². The lowest BCUT2D eigenvalue weighted by Crippen LogP contribution is -2.06. The largest absolute Gasteiger partial charge is 0.417 e. The highest BCUT2D eigenvalue weighted by atomic mass is 16.4. The van der Waals surface area contributed by atoms with Gasteiger partial charge < -0.3 is 8.98 Å². The van der Waals surface area contributed by atoms with Crippen molar-refractivity contribution >= 4 is 22.0 Å². The predicted molar refractivity (Wildman–Crippen MR) is 79.9 cm³/mol. The van der Waals surface area contributed by atoms with Gasteiger partial charge >= 0.3 is 5.76 Å². The van der Waals surface area contributed by atoms with E-state index in [0.29, 0.717) is 16.5 Å². The average molecular weight is 278 g/mol. The molecule has 0 fully saturated rings. The van der Waals surface area contributed by atoms with E-state index >= 15 is 0 Å². The van der Waals surface area contributed by atoms with E-state index in [0.717, 1.165) is 11.2 Å². The second kappa shape index (κ2) is 4.21. The van der Waals surface area contributed by atoms with E-state index in [9.17, 15) is 9.59 Å². The minimum absolute atomic E-state index is 0.0175. The molecule has 102 valence electrons. The van der Waals surface area contributed by atoms with Crippen molar-refractivity contribution in [1.82, 2.24) is 9.55 Å². The fraction of sp³-hybridized carbons (Fsp3) is 0. The molecule has 2 heterocycles. The van der Waals surface area contributed by atoms with Crippen LogP contribution < -0.4 is 11.2 Å². The highest BCUT2D eigenvalue weighted by Gasteiger charge is 2.06. The summed E-state index contributed by atoms with van der Waals surface area (Å²) in [4.78, 5) is 25.7. The molecule has 2 aromatic heterocycles. The van der Waals surface area contributed by atoms with Crippen molar-refractivity contribution in [2.45, 2.75) is 0 Å². The monoisotopic (exact) mass is 278 g/mol. The number of oxazole rings is 1. The Bertz CT molecular complexity index is 1090. The molecule has 0 bridgehead atoms. The van der Waals surface area contributed by atoms with Crippen LogP contribution >= 0.6 is 0 Å². The molecule has 0 atom stereocenters. The highest BCUT2D eigenvalue weighted by Crippen LogP contribution is 2.19.